The average molecular weight is 675 g/mol. The van der Waals surface area contributed by atoms with E-state index >= 15 is 0 Å². The van der Waals surface area contributed by atoms with Crippen molar-refractivity contribution in [2.45, 2.75) is 233 Å². The van der Waals surface area contributed by atoms with Gasteiger partial charge in [0.15, 0.2) is 0 Å². The lowest BCUT2D eigenvalue weighted by atomic mass is 10.0. The zero-order chi connectivity index (χ0) is 35.8. The van der Waals surface area contributed by atoms with Crippen LogP contribution in [0.15, 0.2) is 24.3 Å². The van der Waals surface area contributed by atoms with Gasteiger partial charge in [0, 0.05) is 12.8 Å². The minimum atomic E-state index is -0.653. The summed E-state index contributed by atoms with van der Waals surface area (Å²) < 4.78 is 0. The second kappa shape index (κ2) is 41.3. The van der Waals surface area contributed by atoms with Crippen molar-refractivity contribution < 1.29 is 19.8 Å². The van der Waals surface area contributed by atoms with Crippen LogP contribution in [0.2, 0.25) is 0 Å². The largest absolute Gasteiger partial charge is 0.481 e. The first-order chi connectivity index (χ1) is 23.3. The van der Waals surface area contributed by atoms with Crippen molar-refractivity contribution in [1.82, 2.24) is 0 Å². The number of benzene rings is 1. The van der Waals surface area contributed by atoms with Gasteiger partial charge in [0.1, 0.15) is 0 Å². The van der Waals surface area contributed by atoms with E-state index in [4.69, 9.17) is 10.2 Å². The van der Waals surface area contributed by atoms with Gasteiger partial charge in [-0.15, -0.1) is 0 Å². The molecule has 0 heterocycles. The molecule has 0 amide bonds. The number of unbranched alkanes of at least 4 members (excludes halogenated alkanes) is 28. The normalized spacial score (nSPS) is 10.6. The maximum Gasteiger partial charge on any atom is 0.303 e. The van der Waals surface area contributed by atoms with Gasteiger partial charge in [-0.25, -0.2) is 0 Å². The minimum absolute atomic E-state index is 0.345. The Morgan fingerprint density at radius 1 is 0.396 bits per heavy atom. The molecule has 0 radical (unpaired) electrons. The monoisotopic (exact) mass is 675 g/mol. The second-order valence-electron chi connectivity index (χ2n) is 14.3. The maximum atomic E-state index is 10.3. The molecule has 0 aromatic heterocycles. The van der Waals surface area contributed by atoms with Crippen LogP contribution in [0.5, 0.6) is 0 Å². The number of carboxylic acid groups (broad SMARTS) is 2. The fourth-order valence-electron chi connectivity index (χ4n) is 6.10. The Balaban J connectivity index is 0. The highest BCUT2D eigenvalue weighted by Gasteiger charge is 1.98. The highest BCUT2D eigenvalue weighted by molar-refractivity contribution is 5.66. The van der Waals surface area contributed by atoms with E-state index in [0.717, 1.165) is 25.7 Å². The van der Waals surface area contributed by atoms with E-state index in [1.807, 2.05) is 0 Å². The van der Waals surface area contributed by atoms with Crippen LogP contribution in [-0.2, 0) is 9.59 Å². The number of hydrogen-bond acceptors (Lipinski definition) is 2. The third kappa shape index (κ3) is 46.3. The average Bonchev–Trinajstić information content (AvgIpc) is 3.05. The number of aliphatic carboxylic acids is 2. The molecule has 4 nitrogen and oxygen atoms in total. The van der Waals surface area contributed by atoms with Crippen molar-refractivity contribution in [3.8, 4) is 0 Å². The summed E-state index contributed by atoms with van der Waals surface area (Å²) in [5.41, 5.74) is 2.68. The van der Waals surface area contributed by atoms with Crippen LogP contribution in [0.3, 0.4) is 0 Å². The van der Waals surface area contributed by atoms with Gasteiger partial charge in [-0.05, 0) is 26.7 Å². The number of aryl methyl sites for hydroxylation is 2. The zero-order valence-electron chi connectivity index (χ0n) is 32.6. The number of carbonyl (C=O) groups is 2. The smallest absolute Gasteiger partial charge is 0.303 e. The highest BCUT2D eigenvalue weighted by atomic mass is 16.4. The van der Waals surface area contributed by atoms with E-state index in [0.29, 0.717) is 12.8 Å². The molecular formula is C44H82O4. The predicted octanol–water partition coefficient (Wildman–Crippen LogP) is 15.0. The van der Waals surface area contributed by atoms with Gasteiger partial charge in [-0.1, -0.05) is 229 Å². The number of carboxylic acids is 2. The first-order valence-corrected chi connectivity index (χ1v) is 20.8. The van der Waals surface area contributed by atoms with Crippen molar-refractivity contribution >= 4 is 11.9 Å². The molecule has 0 saturated carbocycles. The summed E-state index contributed by atoms with van der Waals surface area (Å²) in [5, 5.41) is 17.0. The third-order valence-corrected chi connectivity index (χ3v) is 9.16. The molecule has 4 heteroatoms. The van der Waals surface area contributed by atoms with Crippen LogP contribution in [0, 0.1) is 13.8 Å². The molecule has 0 unspecified atom stereocenters. The summed E-state index contributed by atoms with van der Waals surface area (Å²) in [6.45, 7) is 8.75. The molecule has 48 heavy (non-hydrogen) atoms. The summed E-state index contributed by atoms with van der Waals surface area (Å²) in [5.74, 6) is -1.31. The van der Waals surface area contributed by atoms with Crippen molar-refractivity contribution in [2.75, 3.05) is 0 Å². The van der Waals surface area contributed by atoms with Gasteiger partial charge in [-0.3, -0.25) is 9.59 Å². The van der Waals surface area contributed by atoms with E-state index in [1.54, 1.807) is 0 Å². The molecule has 0 aliphatic heterocycles. The molecule has 0 saturated heterocycles. The molecule has 0 fully saturated rings. The summed E-state index contributed by atoms with van der Waals surface area (Å²) in [4.78, 5) is 20.7. The Hall–Kier alpha value is -1.84. The van der Waals surface area contributed by atoms with Crippen molar-refractivity contribution in [3.63, 3.8) is 0 Å². The van der Waals surface area contributed by atoms with E-state index in [-0.39, 0.29) is 0 Å². The topological polar surface area (TPSA) is 74.6 Å². The quantitative estimate of drug-likeness (QED) is 0.0746. The molecule has 0 aliphatic rings. The molecule has 0 aliphatic carbocycles. The van der Waals surface area contributed by atoms with Gasteiger partial charge in [0.25, 0.3) is 0 Å². The van der Waals surface area contributed by atoms with Gasteiger partial charge in [0.05, 0.1) is 0 Å². The fourth-order valence-corrected chi connectivity index (χ4v) is 6.10. The van der Waals surface area contributed by atoms with Crippen LogP contribution in [-0.4, -0.2) is 22.2 Å². The zero-order valence-corrected chi connectivity index (χ0v) is 32.6. The molecule has 0 atom stereocenters. The van der Waals surface area contributed by atoms with Gasteiger partial charge in [-0.2, -0.15) is 0 Å². The van der Waals surface area contributed by atoms with Crippen LogP contribution >= 0.6 is 0 Å². The predicted molar refractivity (Wildman–Crippen MR) is 210 cm³/mol. The Labute approximate surface area is 299 Å². The highest BCUT2D eigenvalue weighted by Crippen LogP contribution is 2.15. The minimum Gasteiger partial charge on any atom is -0.481 e. The Morgan fingerprint density at radius 2 is 0.604 bits per heavy atom. The lowest BCUT2D eigenvalue weighted by Crippen LogP contribution is -1.93. The molecule has 0 spiro atoms. The summed E-state index contributed by atoms with van der Waals surface area (Å²) in [6.07, 6.45) is 40.4. The van der Waals surface area contributed by atoms with Crippen molar-refractivity contribution in [2.24, 2.45) is 0 Å². The first kappa shape index (κ1) is 48.3. The Morgan fingerprint density at radius 3 is 0.771 bits per heavy atom. The maximum absolute atomic E-state index is 10.3. The lowest BCUT2D eigenvalue weighted by Gasteiger charge is -2.03. The Bertz CT molecular complexity index is 729. The van der Waals surface area contributed by atoms with Crippen LogP contribution in [0.1, 0.15) is 230 Å². The molecule has 1 aromatic carbocycles. The summed E-state index contributed by atoms with van der Waals surface area (Å²) in [7, 11) is 0. The summed E-state index contributed by atoms with van der Waals surface area (Å²) >= 11 is 0. The molecule has 2 N–H and O–H groups in total. The third-order valence-electron chi connectivity index (χ3n) is 9.16. The lowest BCUT2D eigenvalue weighted by molar-refractivity contribution is -0.138. The van der Waals surface area contributed by atoms with E-state index in [1.165, 1.54) is 178 Å². The van der Waals surface area contributed by atoms with Crippen molar-refractivity contribution in [1.29, 1.82) is 0 Å². The van der Waals surface area contributed by atoms with Crippen LogP contribution < -0.4 is 0 Å². The molecule has 1 aromatic rings. The molecule has 1 rings (SSSR count). The van der Waals surface area contributed by atoms with Crippen LogP contribution in [0.25, 0.3) is 0 Å². The summed E-state index contributed by atoms with van der Waals surface area (Å²) in [6, 6.07) is 8.45. The van der Waals surface area contributed by atoms with Crippen LogP contribution in [0.4, 0.5) is 0 Å². The fraction of sp³-hybridized carbons (Fsp3) is 0.818. The second-order valence-corrected chi connectivity index (χ2v) is 14.3. The van der Waals surface area contributed by atoms with E-state index in [2.05, 4.69) is 52.0 Å². The SMILES string of the molecule is CCCCCCCCCCCCCCCCCC(=O)O.CCCCCCCCCCCCCCCCCC(=O)O.Cc1cccc(C)c1. The Kier molecular flexibility index (Phi) is 41.6. The number of hydrogen-bond donors (Lipinski definition) is 2. The van der Waals surface area contributed by atoms with E-state index in [9.17, 15) is 9.59 Å². The molecule has 0 bridgehead atoms. The van der Waals surface area contributed by atoms with Gasteiger partial charge < -0.3 is 10.2 Å². The standard InChI is InChI=1S/2C18H36O2.C8H10/c2*1-2-3-4-5-6-7-8-9-10-11-12-13-14-15-16-17-18(19)20;1-7-4-3-5-8(2)6-7/h2*2-17H2,1H3,(H,19,20);3-6H,1-2H3. The molecular weight excluding hydrogens is 592 g/mol. The van der Waals surface area contributed by atoms with E-state index < -0.39 is 11.9 Å². The van der Waals surface area contributed by atoms with Gasteiger partial charge >= 0.3 is 11.9 Å². The van der Waals surface area contributed by atoms with Crippen molar-refractivity contribution in [3.05, 3.63) is 35.4 Å². The first-order valence-electron chi connectivity index (χ1n) is 20.8. The number of rotatable bonds is 32. The van der Waals surface area contributed by atoms with Gasteiger partial charge in [0.2, 0.25) is 0 Å². The molecule has 282 valence electrons.